The Morgan fingerprint density at radius 3 is 2.95 bits per heavy atom. The molecule has 3 aromatic rings. The van der Waals surface area contributed by atoms with E-state index in [1.807, 2.05) is 34.2 Å². The van der Waals surface area contributed by atoms with Gasteiger partial charge in [-0.15, -0.1) is 11.3 Å². The van der Waals surface area contributed by atoms with Crippen molar-refractivity contribution in [3.05, 3.63) is 50.0 Å². The van der Waals surface area contributed by atoms with Crippen LogP contribution in [0, 0.1) is 4.77 Å². The molecule has 0 fully saturated rings. The second-order valence-corrected chi connectivity index (χ2v) is 6.09. The van der Waals surface area contributed by atoms with Gasteiger partial charge < -0.3 is 0 Å². The predicted molar refractivity (Wildman–Crippen MR) is 81.8 cm³/mol. The number of rotatable bonds is 3. The molecule has 0 aliphatic carbocycles. The zero-order valence-corrected chi connectivity index (χ0v) is 12.9. The second kappa shape index (κ2) is 5.36. The Kier molecular flexibility index (Phi) is 3.58. The Morgan fingerprint density at radius 2 is 2.26 bits per heavy atom. The first-order valence-corrected chi connectivity index (χ1v) is 7.62. The molecule has 0 saturated heterocycles. The summed E-state index contributed by atoms with van der Waals surface area (Å²) in [5.41, 5.74) is 0.808. The summed E-state index contributed by atoms with van der Waals surface area (Å²) in [5, 5.41) is 9.15. The smallest absolute Gasteiger partial charge is 0.195 e. The Balaban J connectivity index is 2.05. The van der Waals surface area contributed by atoms with E-state index in [9.17, 15) is 0 Å². The molecule has 1 N–H and O–H groups in total. The van der Waals surface area contributed by atoms with Crippen LogP contribution in [0.5, 0.6) is 0 Å². The van der Waals surface area contributed by atoms with E-state index >= 15 is 0 Å². The zero-order valence-electron chi connectivity index (χ0n) is 9.71. The molecular formula is C12H9BrN4S2. The quantitative estimate of drug-likeness (QED) is 0.727. The Bertz CT molecular complexity index is 744. The highest BCUT2D eigenvalue weighted by Gasteiger charge is 2.12. The summed E-state index contributed by atoms with van der Waals surface area (Å²) >= 11 is 10.5. The van der Waals surface area contributed by atoms with Crippen molar-refractivity contribution in [3.8, 4) is 11.5 Å². The molecule has 4 nitrogen and oxygen atoms in total. The average Bonchev–Trinajstić information content (AvgIpc) is 2.99. The minimum absolute atomic E-state index is 0.598. The number of nitrogens with zero attached hydrogens (tertiary/aromatic N) is 3. The van der Waals surface area contributed by atoms with E-state index in [0.29, 0.717) is 11.3 Å². The van der Waals surface area contributed by atoms with Gasteiger partial charge in [-0.05, 0) is 51.7 Å². The van der Waals surface area contributed by atoms with Crippen LogP contribution < -0.4 is 0 Å². The first-order chi connectivity index (χ1) is 9.25. The highest BCUT2D eigenvalue weighted by atomic mass is 79.9. The fourth-order valence-electron chi connectivity index (χ4n) is 1.74. The molecule has 19 heavy (non-hydrogen) atoms. The number of thiophene rings is 1. The molecule has 0 unspecified atom stereocenters. The van der Waals surface area contributed by atoms with Crippen LogP contribution in [-0.2, 0) is 6.54 Å². The molecule has 3 heterocycles. The van der Waals surface area contributed by atoms with E-state index < -0.39 is 0 Å². The molecule has 96 valence electrons. The normalized spacial score (nSPS) is 10.8. The second-order valence-electron chi connectivity index (χ2n) is 3.85. The fraction of sp³-hybridized carbons (Fsp3) is 0.0833. The first kappa shape index (κ1) is 12.7. The van der Waals surface area contributed by atoms with E-state index in [4.69, 9.17) is 12.2 Å². The van der Waals surface area contributed by atoms with Crippen LogP contribution in [0.4, 0.5) is 0 Å². The molecule has 0 aliphatic heterocycles. The van der Waals surface area contributed by atoms with Crippen LogP contribution in [0.15, 0.2) is 40.3 Å². The first-order valence-electron chi connectivity index (χ1n) is 5.54. The van der Waals surface area contributed by atoms with Gasteiger partial charge in [0.15, 0.2) is 10.6 Å². The third kappa shape index (κ3) is 2.54. The van der Waals surface area contributed by atoms with Crippen molar-refractivity contribution in [2.75, 3.05) is 0 Å². The third-order valence-electron chi connectivity index (χ3n) is 2.65. The highest BCUT2D eigenvalue weighted by Crippen LogP contribution is 2.25. The van der Waals surface area contributed by atoms with Crippen molar-refractivity contribution in [1.82, 2.24) is 19.7 Å². The summed E-state index contributed by atoms with van der Waals surface area (Å²) < 4.78 is 3.64. The molecular weight excluding hydrogens is 344 g/mol. The maximum absolute atomic E-state index is 5.30. The molecule has 3 rings (SSSR count). The minimum Gasteiger partial charge on any atom is -0.293 e. The molecule has 0 saturated carbocycles. The summed E-state index contributed by atoms with van der Waals surface area (Å²) in [6.07, 6.45) is 1.75. The van der Waals surface area contributed by atoms with Gasteiger partial charge in [-0.3, -0.25) is 14.6 Å². The van der Waals surface area contributed by atoms with Crippen molar-refractivity contribution in [2.45, 2.75) is 6.54 Å². The molecule has 3 aromatic heterocycles. The van der Waals surface area contributed by atoms with Gasteiger partial charge in [0.1, 0.15) is 5.69 Å². The number of aromatic nitrogens is 4. The lowest BCUT2D eigenvalue weighted by molar-refractivity contribution is 0.797. The van der Waals surface area contributed by atoms with Crippen molar-refractivity contribution in [2.24, 2.45) is 0 Å². The van der Waals surface area contributed by atoms with Crippen LogP contribution in [0.1, 0.15) is 4.88 Å². The molecule has 0 atom stereocenters. The Labute approximate surface area is 127 Å². The lowest BCUT2D eigenvalue weighted by atomic mass is 10.3. The summed E-state index contributed by atoms with van der Waals surface area (Å²) in [6.45, 7) is 0.680. The van der Waals surface area contributed by atoms with E-state index in [0.717, 1.165) is 16.0 Å². The molecule has 0 aliphatic rings. The van der Waals surface area contributed by atoms with E-state index in [2.05, 4.69) is 31.1 Å². The van der Waals surface area contributed by atoms with Crippen LogP contribution in [0.2, 0.25) is 0 Å². The van der Waals surface area contributed by atoms with Crippen molar-refractivity contribution in [3.63, 3.8) is 0 Å². The number of aromatic amines is 1. The average molecular weight is 353 g/mol. The van der Waals surface area contributed by atoms with Gasteiger partial charge in [0.25, 0.3) is 0 Å². The van der Waals surface area contributed by atoms with Gasteiger partial charge in [-0.1, -0.05) is 6.07 Å². The SMILES string of the molecule is S=c1[nH]nc(-c2ccccn2)n1Cc1sccc1Br. The lowest BCUT2D eigenvalue weighted by Gasteiger charge is -2.05. The summed E-state index contributed by atoms with van der Waals surface area (Å²) in [6, 6.07) is 7.77. The largest absolute Gasteiger partial charge is 0.293 e. The molecule has 0 radical (unpaired) electrons. The molecule has 0 aromatic carbocycles. The summed E-state index contributed by atoms with van der Waals surface area (Å²) in [7, 11) is 0. The van der Waals surface area contributed by atoms with Gasteiger partial charge in [-0.25, -0.2) is 0 Å². The monoisotopic (exact) mass is 352 g/mol. The van der Waals surface area contributed by atoms with Crippen molar-refractivity contribution >= 4 is 39.5 Å². The minimum atomic E-state index is 0.598. The van der Waals surface area contributed by atoms with E-state index in [1.165, 1.54) is 4.88 Å². The van der Waals surface area contributed by atoms with Crippen molar-refractivity contribution < 1.29 is 0 Å². The standard InChI is InChI=1S/C12H9BrN4S2/c13-8-4-6-19-10(8)7-17-11(15-16-12(17)18)9-3-1-2-5-14-9/h1-6H,7H2,(H,16,18). The number of hydrogen-bond acceptors (Lipinski definition) is 4. The maximum atomic E-state index is 5.30. The van der Waals surface area contributed by atoms with Gasteiger partial charge >= 0.3 is 0 Å². The maximum Gasteiger partial charge on any atom is 0.195 e. The number of halogens is 1. The van der Waals surface area contributed by atoms with Crippen LogP contribution in [-0.4, -0.2) is 19.7 Å². The fourth-order valence-corrected chi connectivity index (χ4v) is 3.40. The molecule has 0 bridgehead atoms. The van der Waals surface area contributed by atoms with Crippen LogP contribution >= 0.6 is 39.5 Å². The number of hydrogen-bond donors (Lipinski definition) is 1. The number of H-pyrrole nitrogens is 1. The van der Waals surface area contributed by atoms with Crippen LogP contribution in [0.3, 0.4) is 0 Å². The predicted octanol–water partition coefficient (Wildman–Crippen LogP) is 3.87. The zero-order chi connectivity index (χ0) is 13.2. The van der Waals surface area contributed by atoms with E-state index in [-0.39, 0.29) is 0 Å². The third-order valence-corrected chi connectivity index (χ3v) is 4.87. The molecule has 0 spiro atoms. The van der Waals surface area contributed by atoms with E-state index in [1.54, 1.807) is 17.5 Å². The molecule has 7 heteroatoms. The lowest BCUT2D eigenvalue weighted by Crippen LogP contribution is -2.02. The topological polar surface area (TPSA) is 46.5 Å². The Hall–Kier alpha value is -1.31. The summed E-state index contributed by atoms with van der Waals surface area (Å²) in [5.74, 6) is 0.755. The summed E-state index contributed by atoms with van der Waals surface area (Å²) in [4.78, 5) is 5.52. The number of pyridine rings is 1. The Morgan fingerprint density at radius 1 is 1.37 bits per heavy atom. The highest BCUT2D eigenvalue weighted by molar-refractivity contribution is 9.10. The van der Waals surface area contributed by atoms with Gasteiger partial charge in [-0.2, -0.15) is 5.10 Å². The van der Waals surface area contributed by atoms with Crippen molar-refractivity contribution in [1.29, 1.82) is 0 Å². The van der Waals surface area contributed by atoms with Gasteiger partial charge in [0.05, 0.1) is 6.54 Å². The van der Waals surface area contributed by atoms with Crippen LogP contribution in [0.25, 0.3) is 11.5 Å². The molecule has 0 amide bonds. The van der Waals surface area contributed by atoms with Gasteiger partial charge in [0.2, 0.25) is 0 Å². The number of nitrogens with one attached hydrogen (secondary N) is 1. The van der Waals surface area contributed by atoms with Gasteiger partial charge in [0, 0.05) is 15.5 Å².